The highest BCUT2D eigenvalue weighted by molar-refractivity contribution is 5.78. The number of ether oxygens (including phenoxy) is 1. The van der Waals surface area contributed by atoms with Crippen LogP contribution in [0.5, 0.6) is 0 Å². The number of non-ortho nitro benzene ring substituents is 1. The molecule has 106 valence electrons. The molecule has 21 heavy (non-hydrogen) atoms. The monoisotopic (exact) mass is 285 g/mol. The van der Waals surface area contributed by atoms with E-state index in [1.807, 2.05) is 24.3 Å². The third-order valence-corrected chi connectivity index (χ3v) is 3.39. The Hall–Kier alpha value is -2.89. The fourth-order valence-corrected chi connectivity index (χ4v) is 2.49. The summed E-state index contributed by atoms with van der Waals surface area (Å²) in [5, 5.41) is 21.1. The van der Waals surface area contributed by atoms with E-state index < -0.39 is 10.9 Å². The van der Waals surface area contributed by atoms with Crippen molar-refractivity contribution in [3.63, 3.8) is 0 Å². The van der Waals surface area contributed by atoms with E-state index in [4.69, 9.17) is 9.84 Å². The molecular formula is C15H11NO5. The number of aliphatic carboxylic acids is 1. The predicted molar refractivity (Wildman–Crippen MR) is 74.6 cm³/mol. The number of benzene rings is 1. The van der Waals surface area contributed by atoms with Crippen LogP contribution in [0.4, 0.5) is 5.69 Å². The SMILES string of the molecule is O=C(O)CC1=c2cc([N+](=O)[O-])ccc2=C2C=CC=CC2O1. The van der Waals surface area contributed by atoms with Gasteiger partial charge in [0.2, 0.25) is 0 Å². The van der Waals surface area contributed by atoms with E-state index in [1.165, 1.54) is 12.1 Å². The van der Waals surface area contributed by atoms with Crippen molar-refractivity contribution in [3.05, 3.63) is 63.1 Å². The summed E-state index contributed by atoms with van der Waals surface area (Å²) in [7, 11) is 0. The van der Waals surface area contributed by atoms with Gasteiger partial charge < -0.3 is 9.84 Å². The van der Waals surface area contributed by atoms with Crippen LogP contribution in [0.3, 0.4) is 0 Å². The molecule has 1 unspecified atom stereocenters. The zero-order chi connectivity index (χ0) is 15.0. The standard InChI is InChI=1S/C15H11NO5/c17-15(18)8-14-12-7-9(16(19)20)5-6-10(12)11-3-1-2-4-13(11)21-14/h1-7,13H,8H2,(H,17,18). The normalized spacial score (nSPS) is 18.8. The number of nitro groups is 1. The van der Waals surface area contributed by atoms with Gasteiger partial charge in [0, 0.05) is 22.9 Å². The molecule has 0 saturated heterocycles. The van der Waals surface area contributed by atoms with Gasteiger partial charge in [0.05, 0.1) is 4.92 Å². The van der Waals surface area contributed by atoms with Crippen LogP contribution in [-0.4, -0.2) is 22.1 Å². The number of carboxylic acids is 1. The van der Waals surface area contributed by atoms with Crippen molar-refractivity contribution in [1.29, 1.82) is 0 Å². The Morgan fingerprint density at radius 1 is 1.33 bits per heavy atom. The summed E-state index contributed by atoms with van der Waals surface area (Å²) in [5.41, 5.74) is 0.783. The maximum Gasteiger partial charge on any atom is 0.311 e. The zero-order valence-electron chi connectivity index (χ0n) is 10.9. The number of nitrogens with zero attached hydrogens (tertiary/aromatic N) is 1. The third-order valence-electron chi connectivity index (χ3n) is 3.39. The number of carbonyl (C=O) groups is 1. The van der Waals surface area contributed by atoms with Gasteiger partial charge in [-0.15, -0.1) is 0 Å². The Morgan fingerprint density at radius 3 is 2.86 bits per heavy atom. The van der Waals surface area contributed by atoms with Gasteiger partial charge in [-0.05, 0) is 17.4 Å². The topological polar surface area (TPSA) is 89.7 Å². The van der Waals surface area contributed by atoms with Gasteiger partial charge in [-0.3, -0.25) is 14.9 Å². The van der Waals surface area contributed by atoms with Gasteiger partial charge in [-0.2, -0.15) is 0 Å². The molecule has 0 radical (unpaired) electrons. The highest BCUT2D eigenvalue weighted by Gasteiger charge is 2.23. The summed E-state index contributed by atoms with van der Waals surface area (Å²) in [4.78, 5) is 21.4. The van der Waals surface area contributed by atoms with Gasteiger partial charge in [0.25, 0.3) is 5.69 Å². The molecule has 1 aliphatic heterocycles. The Labute approximate surface area is 119 Å². The maximum atomic E-state index is 11.0. The molecular weight excluding hydrogens is 274 g/mol. The number of rotatable bonds is 3. The van der Waals surface area contributed by atoms with E-state index >= 15 is 0 Å². The molecule has 0 saturated carbocycles. The van der Waals surface area contributed by atoms with Crippen LogP contribution >= 0.6 is 0 Å². The Balaban J connectivity index is 2.33. The Kier molecular flexibility index (Phi) is 3.06. The van der Waals surface area contributed by atoms with Gasteiger partial charge in [-0.25, -0.2) is 0 Å². The van der Waals surface area contributed by atoms with E-state index in [9.17, 15) is 14.9 Å². The van der Waals surface area contributed by atoms with E-state index in [-0.39, 0.29) is 24.0 Å². The summed E-state index contributed by atoms with van der Waals surface area (Å²) in [6, 6.07) is 4.42. The summed E-state index contributed by atoms with van der Waals surface area (Å²) in [5.74, 6) is -0.795. The summed E-state index contributed by atoms with van der Waals surface area (Å²) in [6.07, 6.45) is 6.70. The third kappa shape index (κ3) is 2.31. The minimum atomic E-state index is -1.04. The van der Waals surface area contributed by atoms with Gasteiger partial charge >= 0.3 is 5.97 Å². The number of fused-ring (bicyclic) bond motifs is 2. The van der Waals surface area contributed by atoms with Crippen molar-refractivity contribution >= 4 is 23.0 Å². The summed E-state index contributed by atoms with van der Waals surface area (Å²) in [6.45, 7) is 0. The molecule has 1 aromatic rings. The highest BCUT2D eigenvalue weighted by Crippen LogP contribution is 2.22. The first-order valence-corrected chi connectivity index (χ1v) is 6.31. The lowest BCUT2D eigenvalue weighted by molar-refractivity contribution is -0.385. The molecule has 0 fully saturated rings. The molecule has 1 heterocycles. The van der Waals surface area contributed by atoms with Gasteiger partial charge in [-0.1, -0.05) is 18.2 Å². The summed E-state index contributed by atoms with van der Waals surface area (Å²) >= 11 is 0. The number of carboxylic acid groups (broad SMARTS) is 1. The van der Waals surface area contributed by atoms with Crippen LogP contribution in [0.25, 0.3) is 11.3 Å². The molecule has 6 heteroatoms. The van der Waals surface area contributed by atoms with Crippen molar-refractivity contribution in [3.8, 4) is 0 Å². The maximum absolute atomic E-state index is 11.0. The first-order valence-electron chi connectivity index (χ1n) is 6.31. The van der Waals surface area contributed by atoms with E-state index in [1.54, 1.807) is 6.07 Å². The molecule has 1 aromatic carbocycles. The molecule has 1 N–H and O–H groups in total. The zero-order valence-corrected chi connectivity index (χ0v) is 10.9. The van der Waals surface area contributed by atoms with Crippen LogP contribution in [-0.2, 0) is 9.53 Å². The second kappa shape index (κ2) is 4.90. The molecule has 1 aliphatic carbocycles. The van der Waals surface area contributed by atoms with Crippen LogP contribution in [0, 0.1) is 10.1 Å². The van der Waals surface area contributed by atoms with E-state index in [0.717, 1.165) is 10.8 Å². The van der Waals surface area contributed by atoms with Crippen molar-refractivity contribution in [2.24, 2.45) is 0 Å². The lowest BCUT2D eigenvalue weighted by atomic mass is 9.97. The number of allylic oxidation sites excluding steroid dienone is 2. The second-order valence-corrected chi connectivity index (χ2v) is 4.72. The minimum Gasteiger partial charge on any atom is -0.485 e. The largest absolute Gasteiger partial charge is 0.485 e. The van der Waals surface area contributed by atoms with Crippen molar-refractivity contribution in [2.75, 3.05) is 0 Å². The average molecular weight is 285 g/mol. The molecule has 0 spiro atoms. The smallest absolute Gasteiger partial charge is 0.311 e. The van der Waals surface area contributed by atoms with Crippen LogP contribution in [0.1, 0.15) is 6.42 Å². The molecule has 1 atom stereocenters. The van der Waals surface area contributed by atoms with Crippen LogP contribution in [0.15, 0.2) is 42.5 Å². The number of hydrogen-bond donors (Lipinski definition) is 1. The van der Waals surface area contributed by atoms with Crippen molar-refractivity contribution in [1.82, 2.24) is 0 Å². The molecule has 6 nitrogen and oxygen atoms in total. The Morgan fingerprint density at radius 2 is 2.14 bits per heavy atom. The molecule has 3 rings (SSSR count). The van der Waals surface area contributed by atoms with Gasteiger partial charge in [0.1, 0.15) is 18.3 Å². The fourth-order valence-electron chi connectivity index (χ4n) is 2.49. The number of nitro benzene ring substituents is 1. The second-order valence-electron chi connectivity index (χ2n) is 4.72. The van der Waals surface area contributed by atoms with Crippen molar-refractivity contribution < 1.29 is 19.6 Å². The van der Waals surface area contributed by atoms with Crippen LogP contribution in [0.2, 0.25) is 0 Å². The first-order chi connectivity index (χ1) is 10.1. The predicted octanol–water partition coefficient (Wildman–Crippen LogP) is 0.853. The molecule has 2 aliphatic rings. The van der Waals surface area contributed by atoms with E-state index in [0.29, 0.717) is 5.22 Å². The molecule has 0 amide bonds. The Bertz CT molecular complexity index is 819. The van der Waals surface area contributed by atoms with E-state index in [2.05, 4.69) is 0 Å². The molecule has 0 aromatic heterocycles. The fraction of sp³-hybridized carbons (Fsp3) is 0.133. The van der Waals surface area contributed by atoms with Gasteiger partial charge in [0.15, 0.2) is 0 Å². The summed E-state index contributed by atoms with van der Waals surface area (Å²) < 4.78 is 5.70. The average Bonchev–Trinajstić information content (AvgIpc) is 2.46. The lowest BCUT2D eigenvalue weighted by Crippen LogP contribution is -2.39. The minimum absolute atomic E-state index is 0.0883. The quantitative estimate of drug-likeness (QED) is 0.657. The first kappa shape index (κ1) is 13.1. The molecule has 0 bridgehead atoms. The van der Waals surface area contributed by atoms with Crippen molar-refractivity contribution in [2.45, 2.75) is 12.5 Å². The lowest BCUT2D eigenvalue weighted by Gasteiger charge is -2.24. The van der Waals surface area contributed by atoms with Crippen LogP contribution < -0.4 is 10.4 Å². The number of hydrogen-bond acceptors (Lipinski definition) is 4. The highest BCUT2D eigenvalue weighted by atomic mass is 16.6.